The van der Waals surface area contributed by atoms with Crippen molar-refractivity contribution in [2.45, 2.75) is 27.2 Å². The average molecular weight is 380 g/mol. The molecule has 0 atom stereocenters. The Morgan fingerprint density at radius 1 is 0.857 bits per heavy atom. The highest BCUT2D eigenvalue weighted by atomic mass is 16.5. The molecular formula is C23H28N2O3. The van der Waals surface area contributed by atoms with Gasteiger partial charge in [-0.1, -0.05) is 35.4 Å². The minimum Gasteiger partial charge on any atom is -0.484 e. The molecule has 0 saturated carbocycles. The van der Waals surface area contributed by atoms with Crippen molar-refractivity contribution in [3.8, 4) is 5.75 Å². The summed E-state index contributed by atoms with van der Waals surface area (Å²) in [6, 6.07) is 13.6. The van der Waals surface area contributed by atoms with Crippen LogP contribution in [0, 0.1) is 20.8 Å². The van der Waals surface area contributed by atoms with E-state index in [1.165, 1.54) is 5.56 Å². The molecule has 1 aliphatic rings. The van der Waals surface area contributed by atoms with Crippen LogP contribution in [0.4, 0.5) is 0 Å². The van der Waals surface area contributed by atoms with Gasteiger partial charge in [0.05, 0.1) is 0 Å². The molecule has 3 rings (SSSR count). The molecule has 28 heavy (non-hydrogen) atoms. The van der Waals surface area contributed by atoms with Gasteiger partial charge in [0.1, 0.15) is 5.75 Å². The van der Waals surface area contributed by atoms with E-state index in [4.69, 9.17) is 4.74 Å². The SMILES string of the molecule is Cc1ccc(C(=O)N2CCCN(C(=O)COc3ccc(C)cc3C)CC2)cc1. The largest absolute Gasteiger partial charge is 0.484 e. The van der Waals surface area contributed by atoms with E-state index in [9.17, 15) is 9.59 Å². The third kappa shape index (κ3) is 4.91. The molecule has 2 aromatic carbocycles. The van der Waals surface area contributed by atoms with E-state index in [-0.39, 0.29) is 18.4 Å². The van der Waals surface area contributed by atoms with Gasteiger partial charge in [0.15, 0.2) is 6.61 Å². The van der Waals surface area contributed by atoms with Gasteiger partial charge in [-0.2, -0.15) is 0 Å². The maximum atomic E-state index is 12.7. The number of nitrogens with zero attached hydrogens (tertiary/aromatic N) is 2. The number of aryl methyl sites for hydroxylation is 3. The van der Waals surface area contributed by atoms with E-state index >= 15 is 0 Å². The number of benzene rings is 2. The summed E-state index contributed by atoms with van der Waals surface area (Å²) in [5.74, 6) is 0.732. The molecule has 148 valence electrons. The quantitative estimate of drug-likeness (QED) is 0.817. The maximum absolute atomic E-state index is 12.7. The van der Waals surface area contributed by atoms with Crippen LogP contribution in [0.1, 0.15) is 33.5 Å². The third-order valence-corrected chi connectivity index (χ3v) is 5.12. The zero-order valence-electron chi connectivity index (χ0n) is 16.9. The minimum absolute atomic E-state index is 0.0236. The van der Waals surface area contributed by atoms with Crippen LogP contribution >= 0.6 is 0 Å². The maximum Gasteiger partial charge on any atom is 0.260 e. The highest BCUT2D eigenvalue weighted by molar-refractivity contribution is 5.94. The number of hydrogen-bond donors (Lipinski definition) is 0. The van der Waals surface area contributed by atoms with E-state index in [2.05, 4.69) is 0 Å². The molecule has 5 nitrogen and oxygen atoms in total. The number of carbonyl (C=O) groups excluding carboxylic acids is 2. The Bertz CT molecular complexity index is 845. The second kappa shape index (κ2) is 8.91. The van der Waals surface area contributed by atoms with Crippen molar-refractivity contribution < 1.29 is 14.3 Å². The van der Waals surface area contributed by atoms with Crippen molar-refractivity contribution in [3.63, 3.8) is 0 Å². The molecule has 0 aliphatic carbocycles. The van der Waals surface area contributed by atoms with Gasteiger partial charge in [0.2, 0.25) is 0 Å². The molecule has 0 spiro atoms. The number of amides is 2. The Hall–Kier alpha value is -2.82. The van der Waals surface area contributed by atoms with Crippen LogP contribution in [-0.4, -0.2) is 54.4 Å². The smallest absolute Gasteiger partial charge is 0.260 e. The summed E-state index contributed by atoms with van der Waals surface area (Å²) in [4.78, 5) is 28.9. The molecule has 2 amide bonds. The molecule has 1 fully saturated rings. The molecule has 1 heterocycles. The lowest BCUT2D eigenvalue weighted by Crippen LogP contribution is -2.39. The molecule has 0 bridgehead atoms. The highest BCUT2D eigenvalue weighted by Crippen LogP contribution is 2.19. The van der Waals surface area contributed by atoms with Crippen molar-refractivity contribution in [1.82, 2.24) is 9.80 Å². The summed E-state index contributed by atoms with van der Waals surface area (Å²) in [5.41, 5.74) is 4.03. The summed E-state index contributed by atoms with van der Waals surface area (Å²) in [6.45, 7) is 8.42. The lowest BCUT2D eigenvalue weighted by molar-refractivity contribution is -0.133. The first-order valence-electron chi connectivity index (χ1n) is 9.78. The Kier molecular flexibility index (Phi) is 6.34. The molecular weight excluding hydrogens is 352 g/mol. The van der Waals surface area contributed by atoms with Gasteiger partial charge < -0.3 is 14.5 Å². The Morgan fingerprint density at radius 3 is 2.21 bits per heavy atom. The van der Waals surface area contributed by atoms with Crippen LogP contribution in [0.5, 0.6) is 5.75 Å². The van der Waals surface area contributed by atoms with E-state index in [0.29, 0.717) is 31.7 Å². The molecule has 0 unspecified atom stereocenters. The van der Waals surface area contributed by atoms with Gasteiger partial charge in [-0.15, -0.1) is 0 Å². The first kappa shape index (κ1) is 19.9. The summed E-state index contributed by atoms with van der Waals surface area (Å²) in [7, 11) is 0. The van der Waals surface area contributed by atoms with Crippen molar-refractivity contribution in [2.75, 3.05) is 32.8 Å². The molecule has 5 heteroatoms. The normalized spacial score (nSPS) is 14.5. The van der Waals surface area contributed by atoms with Crippen molar-refractivity contribution in [3.05, 3.63) is 64.7 Å². The van der Waals surface area contributed by atoms with Gasteiger partial charge in [-0.25, -0.2) is 0 Å². The average Bonchev–Trinajstić information content (AvgIpc) is 2.93. The number of ether oxygens (including phenoxy) is 1. The monoisotopic (exact) mass is 380 g/mol. The standard InChI is InChI=1S/C23H28N2O3/c1-17-5-8-20(9-6-17)23(27)25-12-4-11-24(13-14-25)22(26)16-28-21-10-7-18(2)15-19(21)3/h5-10,15H,4,11-14,16H2,1-3H3. The van der Waals surface area contributed by atoms with E-state index in [1.807, 2.05) is 68.1 Å². The van der Waals surface area contributed by atoms with E-state index < -0.39 is 0 Å². The first-order chi connectivity index (χ1) is 13.4. The first-order valence-corrected chi connectivity index (χ1v) is 9.78. The third-order valence-electron chi connectivity index (χ3n) is 5.12. The predicted octanol–water partition coefficient (Wildman–Crippen LogP) is 3.37. The van der Waals surface area contributed by atoms with Crippen LogP contribution in [0.25, 0.3) is 0 Å². The summed E-state index contributed by atoms with van der Waals surface area (Å²) >= 11 is 0. The fraction of sp³-hybridized carbons (Fsp3) is 0.391. The topological polar surface area (TPSA) is 49.9 Å². The molecule has 2 aromatic rings. The lowest BCUT2D eigenvalue weighted by atomic mass is 10.1. The predicted molar refractivity (Wildman–Crippen MR) is 110 cm³/mol. The molecule has 1 saturated heterocycles. The second-order valence-corrected chi connectivity index (χ2v) is 7.45. The van der Waals surface area contributed by atoms with Gasteiger partial charge in [0.25, 0.3) is 11.8 Å². The second-order valence-electron chi connectivity index (χ2n) is 7.45. The molecule has 0 aromatic heterocycles. The van der Waals surface area contributed by atoms with Crippen LogP contribution in [0.15, 0.2) is 42.5 Å². The zero-order valence-corrected chi connectivity index (χ0v) is 16.9. The van der Waals surface area contributed by atoms with Crippen LogP contribution in [-0.2, 0) is 4.79 Å². The molecule has 0 N–H and O–H groups in total. The van der Waals surface area contributed by atoms with Gasteiger partial charge in [-0.3, -0.25) is 9.59 Å². The van der Waals surface area contributed by atoms with Crippen molar-refractivity contribution in [1.29, 1.82) is 0 Å². The van der Waals surface area contributed by atoms with E-state index in [1.54, 1.807) is 4.90 Å². The van der Waals surface area contributed by atoms with Gasteiger partial charge >= 0.3 is 0 Å². The number of rotatable bonds is 4. The lowest BCUT2D eigenvalue weighted by Gasteiger charge is -2.22. The van der Waals surface area contributed by atoms with Crippen LogP contribution in [0.3, 0.4) is 0 Å². The summed E-state index contributed by atoms with van der Waals surface area (Å²) in [6.07, 6.45) is 0.771. The summed E-state index contributed by atoms with van der Waals surface area (Å²) in [5, 5.41) is 0. The fourth-order valence-corrected chi connectivity index (χ4v) is 3.44. The van der Waals surface area contributed by atoms with E-state index in [0.717, 1.165) is 23.3 Å². The van der Waals surface area contributed by atoms with Gasteiger partial charge in [0, 0.05) is 31.7 Å². The van der Waals surface area contributed by atoms with Gasteiger partial charge in [-0.05, 0) is 51.0 Å². The Morgan fingerprint density at radius 2 is 1.50 bits per heavy atom. The number of hydrogen-bond acceptors (Lipinski definition) is 3. The van der Waals surface area contributed by atoms with Crippen LogP contribution in [0.2, 0.25) is 0 Å². The summed E-state index contributed by atoms with van der Waals surface area (Å²) < 4.78 is 5.73. The van der Waals surface area contributed by atoms with Crippen molar-refractivity contribution in [2.24, 2.45) is 0 Å². The molecule has 0 radical (unpaired) electrons. The zero-order chi connectivity index (χ0) is 20.1. The highest BCUT2D eigenvalue weighted by Gasteiger charge is 2.23. The number of carbonyl (C=O) groups is 2. The minimum atomic E-state index is -0.0374. The van der Waals surface area contributed by atoms with Crippen molar-refractivity contribution >= 4 is 11.8 Å². The van der Waals surface area contributed by atoms with Crippen LogP contribution < -0.4 is 4.74 Å². The molecule has 1 aliphatic heterocycles. The Labute approximate surface area is 166 Å². The fourth-order valence-electron chi connectivity index (χ4n) is 3.44. The Balaban J connectivity index is 1.54.